The third kappa shape index (κ3) is 14.7. The van der Waals surface area contributed by atoms with E-state index >= 15 is 0 Å². The smallest absolute Gasteiger partial charge is 0.465 e. The lowest BCUT2D eigenvalue weighted by atomic mass is 9.92. The molecular formula is C34H49F5O11. The van der Waals surface area contributed by atoms with Gasteiger partial charge in [-0.05, 0) is 26.7 Å². The van der Waals surface area contributed by atoms with Crippen molar-refractivity contribution >= 4 is 24.2 Å². The van der Waals surface area contributed by atoms with E-state index in [1.807, 2.05) is 0 Å². The molecule has 11 nitrogen and oxygen atoms in total. The molecule has 0 unspecified atom stereocenters. The number of ether oxygens (including phenoxy) is 6. The Morgan fingerprint density at radius 2 is 0.960 bits per heavy atom. The molecule has 0 aromatic heterocycles. The Morgan fingerprint density at radius 3 is 1.38 bits per heavy atom. The van der Waals surface area contributed by atoms with Gasteiger partial charge < -0.3 is 33.5 Å². The maximum atomic E-state index is 13.4. The second kappa shape index (κ2) is 22.9. The number of unbranched alkanes of at least 4 members (excludes halogenated alkanes) is 10. The highest BCUT2D eigenvalue weighted by molar-refractivity contribution is 5.80. The number of esters is 2. The molecule has 3 rings (SSSR count). The van der Waals surface area contributed by atoms with Crippen LogP contribution in [0.25, 0.3) is 0 Å². The number of carbonyl (C=O) groups excluding carboxylic acids is 4. The third-order valence-corrected chi connectivity index (χ3v) is 7.63. The van der Waals surface area contributed by atoms with Crippen molar-refractivity contribution in [2.75, 3.05) is 39.6 Å². The molecule has 1 N–H and O–H groups in total. The van der Waals surface area contributed by atoms with Crippen LogP contribution in [0, 0.1) is 39.9 Å². The lowest BCUT2D eigenvalue weighted by molar-refractivity contribution is -0.166. The molecule has 2 aliphatic heterocycles. The van der Waals surface area contributed by atoms with Crippen molar-refractivity contribution in [1.29, 1.82) is 0 Å². The second-order valence-corrected chi connectivity index (χ2v) is 12.5. The summed E-state index contributed by atoms with van der Waals surface area (Å²) in [4.78, 5) is 45.2. The highest BCUT2D eigenvalue weighted by Crippen LogP contribution is 2.32. The molecule has 1 aromatic rings. The van der Waals surface area contributed by atoms with Crippen LogP contribution in [0.1, 0.15) is 105 Å². The molecule has 0 bridgehead atoms. The zero-order chi connectivity index (χ0) is 37.7. The van der Waals surface area contributed by atoms with Crippen LogP contribution in [-0.2, 0) is 33.3 Å². The lowest BCUT2D eigenvalue weighted by Crippen LogP contribution is -2.45. The highest BCUT2D eigenvalue weighted by Gasteiger charge is 2.44. The van der Waals surface area contributed by atoms with E-state index in [1.54, 1.807) is 6.92 Å². The van der Waals surface area contributed by atoms with Gasteiger partial charge in [-0.1, -0.05) is 78.1 Å². The average molecular weight is 729 g/mol. The van der Waals surface area contributed by atoms with Gasteiger partial charge in [-0.25, -0.2) is 22.8 Å². The van der Waals surface area contributed by atoms with Crippen LogP contribution in [0.5, 0.6) is 5.75 Å². The molecule has 2 fully saturated rings. The van der Waals surface area contributed by atoms with Gasteiger partial charge in [0.25, 0.3) is 0 Å². The number of cyclic esters (lactones) is 4. The van der Waals surface area contributed by atoms with Gasteiger partial charge in [0, 0.05) is 6.61 Å². The van der Waals surface area contributed by atoms with Crippen molar-refractivity contribution in [1.82, 2.24) is 0 Å². The van der Waals surface area contributed by atoms with E-state index in [2.05, 4.69) is 28.1 Å². The zero-order valence-corrected chi connectivity index (χ0v) is 29.1. The summed E-state index contributed by atoms with van der Waals surface area (Å²) < 4.78 is 93.4. The molecule has 0 saturated carbocycles. The quantitative estimate of drug-likeness (QED) is 0.0338. The Bertz CT molecular complexity index is 1190. The first kappa shape index (κ1) is 44.3. The van der Waals surface area contributed by atoms with Crippen LogP contribution >= 0.6 is 0 Å². The summed E-state index contributed by atoms with van der Waals surface area (Å²) in [6.07, 6.45) is 12.6. The minimum absolute atomic E-state index is 0.0289. The lowest BCUT2D eigenvalue weighted by Gasteiger charge is -2.29. The average Bonchev–Trinajstić information content (AvgIpc) is 3.11. The number of hydrogen-bond donors (Lipinski definition) is 1. The molecule has 0 atom stereocenters. The summed E-state index contributed by atoms with van der Waals surface area (Å²) in [6, 6.07) is 0. The number of aliphatic hydroxyl groups is 1. The van der Waals surface area contributed by atoms with E-state index < -0.39 is 77.2 Å². The van der Waals surface area contributed by atoms with Crippen LogP contribution in [0.15, 0.2) is 0 Å². The molecule has 1 aromatic carbocycles. The summed E-state index contributed by atoms with van der Waals surface area (Å²) in [5.74, 6) is -14.9. The number of hydrogen-bond acceptors (Lipinski definition) is 11. The van der Waals surface area contributed by atoms with E-state index in [4.69, 9.17) is 19.3 Å². The number of carbonyl (C=O) groups is 4. The van der Waals surface area contributed by atoms with Crippen LogP contribution in [-0.4, -0.2) is 69.0 Å². The Morgan fingerprint density at radius 1 is 0.600 bits per heavy atom. The number of rotatable bonds is 16. The van der Waals surface area contributed by atoms with Crippen molar-refractivity contribution in [2.45, 2.75) is 105 Å². The van der Waals surface area contributed by atoms with Crippen molar-refractivity contribution in [3.63, 3.8) is 0 Å². The summed E-state index contributed by atoms with van der Waals surface area (Å²) in [5.41, 5.74) is -2.52. The maximum Gasteiger partial charge on any atom is 0.508 e. The van der Waals surface area contributed by atoms with Gasteiger partial charge in [-0.3, -0.25) is 9.59 Å². The fourth-order valence-electron chi connectivity index (χ4n) is 4.28. The second-order valence-electron chi connectivity index (χ2n) is 12.5. The Hall–Kier alpha value is -3.69. The highest BCUT2D eigenvalue weighted by atomic mass is 19.2. The summed E-state index contributed by atoms with van der Waals surface area (Å²) in [5, 5.41) is 8.42. The first-order valence-corrected chi connectivity index (χ1v) is 16.8. The molecule has 0 radical (unpaired) electrons. The summed E-state index contributed by atoms with van der Waals surface area (Å²) >= 11 is 0. The van der Waals surface area contributed by atoms with Gasteiger partial charge in [0.1, 0.15) is 37.3 Å². The van der Waals surface area contributed by atoms with E-state index in [-0.39, 0.29) is 19.2 Å². The number of halogens is 5. The molecule has 286 valence electrons. The Kier molecular flexibility index (Phi) is 20.3. The molecule has 2 aliphatic rings. The van der Waals surface area contributed by atoms with Crippen LogP contribution in [0.3, 0.4) is 0 Å². The van der Waals surface area contributed by atoms with Gasteiger partial charge in [0.05, 0.1) is 6.61 Å². The standard InChI is InChI=1S/C14H24O5.C12H7F5O5.C8H18O/c1-3-4-5-6-7-8-9-17-12(15)14(2)10-18-13(16)19-11-14;1-12(2-20-11(19)21-3-12)10(18)22-9-7(16)5(14)4(13)6(15)8(9)17;1-2-3-4-5-6-7-8-9/h3-11H2,1-2H3;2-3H2,1H3;9H,2-8H2,1H3. The fraction of sp³-hybridized carbons (Fsp3) is 0.706. The minimum atomic E-state index is -2.38. The van der Waals surface area contributed by atoms with E-state index in [9.17, 15) is 41.1 Å². The minimum Gasteiger partial charge on any atom is -0.465 e. The molecule has 2 saturated heterocycles. The summed E-state index contributed by atoms with van der Waals surface area (Å²) in [6.45, 7) is 7.01. The predicted molar refractivity (Wildman–Crippen MR) is 167 cm³/mol. The number of benzene rings is 1. The normalized spacial score (nSPS) is 15.8. The molecular weight excluding hydrogens is 679 g/mol. The number of aliphatic hydroxyl groups excluding tert-OH is 1. The van der Waals surface area contributed by atoms with Gasteiger partial charge in [-0.15, -0.1) is 0 Å². The third-order valence-electron chi connectivity index (χ3n) is 7.63. The van der Waals surface area contributed by atoms with Crippen molar-refractivity contribution < 1.29 is 74.7 Å². The Balaban J connectivity index is 0.000000407. The van der Waals surface area contributed by atoms with E-state index in [0.717, 1.165) is 26.2 Å². The molecule has 0 spiro atoms. The Labute approximate surface area is 289 Å². The first-order valence-electron chi connectivity index (χ1n) is 16.8. The molecule has 50 heavy (non-hydrogen) atoms. The zero-order valence-electron chi connectivity index (χ0n) is 29.1. The van der Waals surface area contributed by atoms with Gasteiger partial charge in [-0.2, -0.15) is 8.78 Å². The van der Waals surface area contributed by atoms with E-state index in [1.165, 1.54) is 57.8 Å². The van der Waals surface area contributed by atoms with Gasteiger partial charge in [0.2, 0.25) is 34.8 Å². The topological polar surface area (TPSA) is 144 Å². The van der Waals surface area contributed by atoms with Crippen molar-refractivity contribution in [3.8, 4) is 5.75 Å². The van der Waals surface area contributed by atoms with Crippen LogP contribution in [0.2, 0.25) is 0 Å². The monoisotopic (exact) mass is 728 g/mol. The van der Waals surface area contributed by atoms with Crippen LogP contribution in [0.4, 0.5) is 31.5 Å². The van der Waals surface area contributed by atoms with Gasteiger partial charge in [0.15, 0.2) is 0 Å². The predicted octanol–water partition coefficient (Wildman–Crippen LogP) is 7.86. The van der Waals surface area contributed by atoms with Gasteiger partial charge >= 0.3 is 24.2 Å². The first-order chi connectivity index (χ1) is 23.7. The van der Waals surface area contributed by atoms with Crippen molar-refractivity contribution in [2.24, 2.45) is 10.8 Å². The molecule has 0 amide bonds. The SMILES string of the molecule is CC1(C(=O)Oc2c(F)c(F)c(F)c(F)c2F)COC(=O)OC1.CCCCCCCCO.CCCCCCCCOC(=O)C1(C)COC(=O)OC1. The molecule has 2 heterocycles. The fourth-order valence-corrected chi connectivity index (χ4v) is 4.28. The maximum absolute atomic E-state index is 13.4. The molecule has 16 heteroatoms. The van der Waals surface area contributed by atoms with E-state index in [0.29, 0.717) is 13.2 Å². The van der Waals surface area contributed by atoms with Crippen molar-refractivity contribution in [3.05, 3.63) is 29.1 Å². The largest absolute Gasteiger partial charge is 0.508 e. The molecule has 0 aliphatic carbocycles. The van der Waals surface area contributed by atoms with Crippen LogP contribution < -0.4 is 4.74 Å². The summed E-state index contributed by atoms with van der Waals surface area (Å²) in [7, 11) is 0.